The summed E-state index contributed by atoms with van der Waals surface area (Å²) in [6.07, 6.45) is 7.59. The number of nitrogens with zero attached hydrogens (tertiary/aromatic N) is 5. The summed E-state index contributed by atoms with van der Waals surface area (Å²) >= 11 is 0. The number of rotatable bonds is 4. The van der Waals surface area contributed by atoms with E-state index in [4.69, 9.17) is 4.74 Å². The van der Waals surface area contributed by atoms with E-state index in [0.717, 1.165) is 12.1 Å². The summed E-state index contributed by atoms with van der Waals surface area (Å²) in [4.78, 5) is 19.2. The van der Waals surface area contributed by atoms with Crippen molar-refractivity contribution in [2.45, 2.75) is 11.7 Å². The Morgan fingerprint density at radius 1 is 1.11 bits per heavy atom. The van der Waals surface area contributed by atoms with Gasteiger partial charge in [0.2, 0.25) is 0 Å². The zero-order valence-electron chi connectivity index (χ0n) is 14.4. The van der Waals surface area contributed by atoms with Gasteiger partial charge < -0.3 is 10.1 Å². The molecule has 2 aliphatic rings. The van der Waals surface area contributed by atoms with Crippen molar-refractivity contribution in [3.8, 4) is 0 Å². The molecule has 0 spiro atoms. The maximum absolute atomic E-state index is 13.8. The van der Waals surface area contributed by atoms with E-state index in [1.165, 1.54) is 18.7 Å². The lowest BCUT2D eigenvalue weighted by Crippen LogP contribution is -2.58. The van der Waals surface area contributed by atoms with Crippen LogP contribution in [-0.2, 0) is 10.3 Å². The van der Waals surface area contributed by atoms with E-state index >= 15 is 0 Å². The van der Waals surface area contributed by atoms with Gasteiger partial charge in [0.1, 0.15) is 24.4 Å². The van der Waals surface area contributed by atoms with Gasteiger partial charge in [0.05, 0.1) is 13.2 Å². The van der Waals surface area contributed by atoms with E-state index in [0.29, 0.717) is 37.6 Å². The molecule has 0 amide bonds. The average molecular weight is 372 g/mol. The predicted molar refractivity (Wildman–Crippen MR) is 96.9 cm³/mol. The molecule has 0 aliphatic carbocycles. The third-order valence-corrected chi connectivity index (χ3v) is 4.66. The third-order valence-electron chi connectivity index (χ3n) is 4.66. The highest BCUT2D eigenvalue weighted by atomic mass is 19.2. The molecular weight excluding hydrogens is 354 g/mol. The third kappa shape index (κ3) is 3.43. The molecule has 4 rings (SSSR count). The minimum atomic E-state index is -0.947. The van der Waals surface area contributed by atoms with Crippen molar-refractivity contribution in [2.75, 3.05) is 31.6 Å². The van der Waals surface area contributed by atoms with Crippen molar-refractivity contribution >= 4 is 18.2 Å². The Kier molecular flexibility index (Phi) is 4.87. The van der Waals surface area contributed by atoms with Crippen LogP contribution in [0.4, 0.5) is 14.5 Å². The lowest BCUT2D eigenvalue weighted by molar-refractivity contribution is 0.00937. The van der Waals surface area contributed by atoms with Gasteiger partial charge in [-0.3, -0.25) is 9.89 Å². The molecule has 2 atom stereocenters. The molecular formula is C18H18F2N6O. The molecule has 1 N–H and O–H groups in total. The summed E-state index contributed by atoms with van der Waals surface area (Å²) < 4.78 is 32.6. The van der Waals surface area contributed by atoms with Gasteiger partial charge in [-0.15, -0.1) is 0 Å². The summed E-state index contributed by atoms with van der Waals surface area (Å²) in [5, 5.41) is 3.29. The molecule has 0 bridgehead atoms. The van der Waals surface area contributed by atoms with Crippen LogP contribution in [0.3, 0.4) is 0 Å². The molecule has 1 aromatic carbocycles. The SMILES string of the molecule is Fc1ccc(NC2(c3cncnc3)C=NC=NC2N2CCOCC2)cc1F. The fourth-order valence-electron chi connectivity index (χ4n) is 3.36. The number of ether oxygens (including phenoxy) is 1. The van der Waals surface area contributed by atoms with E-state index in [2.05, 4.69) is 30.2 Å². The molecule has 3 heterocycles. The maximum Gasteiger partial charge on any atom is 0.160 e. The number of hydrogen-bond donors (Lipinski definition) is 1. The first-order valence-corrected chi connectivity index (χ1v) is 8.55. The number of aliphatic imine (C=N–C) groups is 2. The number of morpholine rings is 1. The van der Waals surface area contributed by atoms with Crippen LogP contribution in [0, 0.1) is 11.6 Å². The number of nitrogens with one attached hydrogen (secondary N) is 1. The van der Waals surface area contributed by atoms with Gasteiger partial charge in [0.15, 0.2) is 11.6 Å². The normalized spacial score (nSPS) is 25.5. The van der Waals surface area contributed by atoms with Crippen LogP contribution in [0.5, 0.6) is 0 Å². The van der Waals surface area contributed by atoms with Gasteiger partial charge in [-0.1, -0.05) is 0 Å². The lowest BCUT2D eigenvalue weighted by Gasteiger charge is -2.44. The second-order valence-electron chi connectivity index (χ2n) is 6.31. The predicted octanol–water partition coefficient (Wildman–Crippen LogP) is 1.83. The Morgan fingerprint density at radius 2 is 1.89 bits per heavy atom. The van der Waals surface area contributed by atoms with E-state index < -0.39 is 17.2 Å². The molecule has 7 nitrogen and oxygen atoms in total. The Labute approximate surface area is 154 Å². The second kappa shape index (κ2) is 7.45. The summed E-state index contributed by atoms with van der Waals surface area (Å²) in [6.45, 7) is 2.56. The summed E-state index contributed by atoms with van der Waals surface area (Å²) in [5.74, 6) is -1.84. The maximum atomic E-state index is 13.8. The van der Waals surface area contributed by atoms with Gasteiger partial charge >= 0.3 is 0 Å². The van der Waals surface area contributed by atoms with Crippen molar-refractivity contribution in [2.24, 2.45) is 9.98 Å². The molecule has 140 valence electrons. The highest BCUT2D eigenvalue weighted by Gasteiger charge is 2.45. The van der Waals surface area contributed by atoms with Crippen LogP contribution in [0.15, 0.2) is 46.9 Å². The van der Waals surface area contributed by atoms with Gasteiger partial charge in [-0.25, -0.2) is 23.7 Å². The quantitative estimate of drug-likeness (QED) is 0.886. The molecule has 1 saturated heterocycles. The van der Waals surface area contributed by atoms with Crippen LogP contribution in [0.25, 0.3) is 0 Å². The molecule has 2 unspecified atom stereocenters. The van der Waals surface area contributed by atoms with Crippen LogP contribution >= 0.6 is 0 Å². The minimum Gasteiger partial charge on any atom is -0.379 e. The molecule has 2 aromatic rings. The Balaban J connectivity index is 1.78. The minimum absolute atomic E-state index is 0.377. The summed E-state index contributed by atoms with van der Waals surface area (Å²) in [7, 11) is 0. The second-order valence-corrected chi connectivity index (χ2v) is 6.31. The van der Waals surface area contributed by atoms with Gasteiger partial charge in [-0.2, -0.15) is 0 Å². The molecule has 0 saturated carbocycles. The van der Waals surface area contributed by atoms with E-state index in [1.54, 1.807) is 18.6 Å². The van der Waals surface area contributed by atoms with E-state index in [1.807, 2.05) is 0 Å². The van der Waals surface area contributed by atoms with Gasteiger partial charge in [0.25, 0.3) is 0 Å². The number of aromatic nitrogens is 2. The Morgan fingerprint density at radius 3 is 2.63 bits per heavy atom. The van der Waals surface area contributed by atoms with Crippen molar-refractivity contribution in [1.82, 2.24) is 14.9 Å². The smallest absolute Gasteiger partial charge is 0.160 e. The summed E-state index contributed by atoms with van der Waals surface area (Å²) in [5.41, 5.74) is 0.170. The van der Waals surface area contributed by atoms with Crippen LogP contribution in [0.2, 0.25) is 0 Å². The van der Waals surface area contributed by atoms with Gasteiger partial charge in [0, 0.05) is 49.0 Å². The van der Waals surface area contributed by atoms with Crippen LogP contribution in [0.1, 0.15) is 5.56 Å². The number of anilines is 1. The number of hydrogen-bond acceptors (Lipinski definition) is 7. The molecule has 9 heteroatoms. The topological polar surface area (TPSA) is 75.0 Å². The average Bonchev–Trinajstić information content (AvgIpc) is 2.72. The first-order valence-electron chi connectivity index (χ1n) is 8.55. The number of halogens is 2. The van der Waals surface area contributed by atoms with Gasteiger partial charge in [-0.05, 0) is 12.1 Å². The first kappa shape index (κ1) is 17.6. The van der Waals surface area contributed by atoms with E-state index in [9.17, 15) is 8.78 Å². The molecule has 1 fully saturated rings. The monoisotopic (exact) mass is 372 g/mol. The zero-order valence-corrected chi connectivity index (χ0v) is 14.4. The van der Waals surface area contributed by atoms with E-state index in [-0.39, 0.29) is 6.17 Å². The van der Waals surface area contributed by atoms with Crippen molar-refractivity contribution < 1.29 is 13.5 Å². The zero-order chi connectivity index (χ0) is 18.7. The fourth-order valence-corrected chi connectivity index (χ4v) is 3.36. The number of benzene rings is 1. The van der Waals surface area contributed by atoms with Crippen molar-refractivity contribution in [1.29, 1.82) is 0 Å². The highest BCUT2D eigenvalue weighted by molar-refractivity contribution is 5.87. The largest absolute Gasteiger partial charge is 0.379 e. The fraction of sp³-hybridized carbons (Fsp3) is 0.333. The van der Waals surface area contributed by atoms with Crippen molar-refractivity contribution in [3.63, 3.8) is 0 Å². The molecule has 2 aliphatic heterocycles. The first-order chi connectivity index (χ1) is 13.2. The summed E-state index contributed by atoms with van der Waals surface area (Å²) in [6, 6.07) is 3.68. The van der Waals surface area contributed by atoms with Crippen LogP contribution < -0.4 is 5.32 Å². The van der Waals surface area contributed by atoms with Crippen molar-refractivity contribution in [3.05, 3.63) is 54.1 Å². The lowest BCUT2D eigenvalue weighted by atomic mass is 9.87. The van der Waals surface area contributed by atoms with Crippen LogP contribution in [-0.4, -0.2) is 59.9 Å². The molecule has 27 heavy (non-hydrogen) atoms. The Hall–Kier alpha value is -2.78. The molecule has 1 aromatic heterocycles. The highest BCUT2D eigenvalue weighted by Crippen LogP contribution is 2.34. The molecule has 0 radical (unpaired) electrons. The standard InChI is InChI=1S/C18H18F2N6O/c19-15-2-1-14(7-16(15)20)25-18(13-8-21-11-22-9-13)10-23-12-24-17(18)26-3-5-27-6-4-26/h1-2,7-12,17,25H,3-6H2. The Bertz CT molecular complexity index is 856.